The van der Waals surface area contributed by atoms with Crippen LogP contribution in [0, 0.1) is 6.92 Å². The van der Waals surface area contributed by atoms with Gasteiger partial charge in [-0.1, -0.05) is 53.0 Å². The van der Waals surface area contributed by atoms with E-state index in [4.69, 9.17) is 28.9 Å². The highest BCUT2D eigenvalue weighted by Gasteiger charge is 2.10. The fourth-order valence-corrected chi connectivity index (χ4v) is 3.40. The molecule has 0 saturated heterocycles. The van der Waals surface area contributed by atoms with Crippen LogP contribution in [0.15, 0.2) is 41.8 Å². The number of halogens is 2. The maximum absolute atomic E-state index is 6.23. The van der Waals surface area contributed by atoms with E-state index in [0.717, 1.165) is 21.8 Å². The van der Waals surface area contributed by atoms with Gasteiger partial charge in [0.15, 0.2) is 0 Å². The normalized spacial score (nSPS) is 10.9. The summed E-state index contributed by atoms with van der Waals surface area (Å²) >= 11 is 13.9. The highest BCUT2D eigenvalue weighted by Crippen LogP contribution is 2.30. The van der Waals surface area contributed by atoms with Gasteiger partial charge in [-0.15, -0.1) is 11.3 Å². The Morgan fingerprint density at radius 3 is 2.55 bits per heavy atom. The van der Waals surface area contributed by atoms with Crippen molar-refractivity contribution in [2.24, 2.45) is 0 Å². The van der Waals surface area contributed by atoms with Crippen LogP contribution in [0.25, 0.3) is 11.3 Å². The van der Waals surface area contributed by atoms with E-state index in [1.165, 1.54) is 5.56 Å². The van der Waals surface area contributed by atoms with Crippen LogP contribution < -0.4 is 5.73 Å². The molecule has 0 radical (unpaired) electrons. The van der Waals surface area contributed by atoms with E-state index in [0.29, 0.717) is 22.2 Å². The number of nitrogens with two attached hydrogens (primary N) is 1. The smallest absolute Gasteiger partial charge is 0.0977 e. The topological polar surface area (TPSA) is 38.9 Å². The van der Waals surface area contributed by atoms with Gasteiger partial charge in [0.1, 0.15) is 0 Å². The lowest BCUT2D eigenvalue weighted by molar-refractivity contribution is 1.14. The third-order valence-corrected chi connectivity index (χ3v) is 4.93. The van der Waals surface area contributed by atoms with Gasteiger partial charge >= 0.3 is 0 Å². The summed E-state index contributed by atoms with van der Waals surface area (Å²) < 4.78 is 0. The Bertz CT molecular complexity index is 810. The standard InChI is InChI=1S/C17H14Cl2N2S/c1-10-2-4-11(5-3-10)16-9-22-17(21-16)7-12-6-14(19)15(20)8-13(12)18/h2-6,8-9H,7,20H2,1H3. The Kier molecular flexibility index (Phi) is 4.39. The van der Waals surface area contributed by atoms with Crippen LogP contribution in [0.1, 0.15) is 16.1 Å². The molecule has 0 aliphatic rings. The molecule has 3 rings (SSSR count). The summed E-state index contributed by atoms with van der Waals surface area (Å²) in [6.07, 6.45) is 0.648. The van der Waals surface area contributed by atoms with Crippen LogP contribution in [-0.2, 0) is 6.42 Å². The zero-order valence-corrected chi connectivity index (χ0v) is 14.3. The van der Waals surface area contributed by atoms with Gasteiger partial charge in [0, 0.05) is 22.4 Å². The number of anilines is 1. The van der Waals surface area contributed by atoms with Gasteiger partial charge in [0.05, 0.1) is 21.4 Å². The van der Waals surface area contributed by atoms with E-state index in [2.05, 4.69) is 41.6 Å². The molecular formula is C17H14Cl2N2S. The maximum atomic E-state index is 6.23. The first kappa shape index (κ1) is 15.3. The Hall–Kier alpha value is -1.55. The van der Waals surface area contributed by atoms with Gasteiger partial charge < -0.3 is 5.73 Å². The summed E-state index contributed by atoms with van der Waals surface area (Å²) in [5.41, 5.74) is 10.5. The molecule has 112 valence electrons. The Labute approximate surface area is 143 Å². The van der Waals surface area contributed by atoms with Gasteiger partial charge in [-0.3, -0.25) is 0 Å². The number of nitrogens with zero attached hydrogens (tertiary/aromatic N) is 1. The first-order valence-corrected chi connectivity index (χ1v) is 8.41. The molecule has 0 spiro atoms. The summed E-state index contributed by atoms with van der Waals surface area (Å²) in [5.74, 6) is 0. The molecule has 3 aromatic rings. The van der Waals surface area contributed by atoms with Crippen LogP contribution in [0.2, 0.25) is 10.0 Å². The van der Waals surface area contributed by atoms with Gasteiger partial charge in [0.2, 0.25) is 0 Å². The summed E-state index contributed by atoms with van der Waals surface area (Å²) in [7, 11) is 0. The quantitative estimate of drug-likeness (QED) is 0.625. The number of nitrogen functional groups attached to an aromatic ring is 1. The third kappa shape index (κ3) is 3.27. The van der Waals surface area contributed by atoms with Crippen molar-refractivity contribution in [3.8, 4) is 11.3 Å². The van der Waals surface area contributed by atoms with Crippen molar-refractivity contribution in [1.82, 2.24) is 4.98 Å². The van der Waals surface area contributed by atoms with Crippen LogP contribution in [0.3, 0.4) is 0 Å². The average Bonchev–Trinajstić information content (AvgIpc) is 2.94. The van der Waals surface area contributed by atoms with Crippen molar-refractivity contribution in [3.63, 3.8) is 0 Å². The Morgan fingerprint density at radius 1 is 1.09 bits per heavy atom. The minimum absolute atomic E-state index is 0.495. The average molecular weight is 349 g/mol. The minimum atomic E-state index is 0.495. The molecule has 2 aromatic carbocycles. The minimum Gasteiger partial charge on any atom is -0.397 e. The van der Waals surface area contributed by atoms with Crippen molar-refractivity contribution in [2.45, 2.75) is 13.3 Å². The molecule has 0 atom stereocenters. The predicted octanol–water partition coefficient (Wildman–Crippen LogP) is 5.60. The van der Waals surface area contributed by atoms with Crippen molar-refractivity contribution < 1.29 is 0 Å². The fraction of sp³-hybridized carbons (Fsp3) is 0.118. The van der Waals surface area contributed by atoms with Gasteiger partial charge in [-0.05, 0) is 24.6 Å². The highest BCUT2D eigenvalue weighted by molar-refractivity contribution is 7.10. The molecule has 0 amide bonds. The first-order chi connectivity index (χ1) is 10.5. The number of rotatable bonds is 3. The first-order valence-electron chi connectivity index (χ1n) is 6.78. The van der Waals surface area contributed by atoms with Crippen LogP contribution in [0.4, 0.5) is 5.69 Å². The maximum Gasteiger partial charge on any atom is 0.0977 e. The largest absolute Gasteiger partial charge is 0.397 e. The Morgan fingerprint density at radius 2 is 1.82 bits per heavy atom. The van der Waals surface area contributed by atoms with E-state index < -0.39 is 0 Å². The van der Waals surface area contributed by atoms with Crippen LogP contribution in [0.5, 0.6) is 0 Å². The molecule has 0 bridgehead atoms. The van der Waals surface area contributed by atoms with E-state index in [-0.39, 0.29) is 0 Å². The number of thiazole rings is 1. The number of aryl methyl sites for hydroxylation is 1. The molecule has 1 aromatic heterocycles. The molecule has 2 nitrogen and oxygen atoms in total. The second kappa shape index (κ2) is 6.29. The molecule has 0 unspecified atom stereocenters. The van der Waals surface area contributed by atoms with E-state index in [1.54, 1.807) is 17.4 Å². The van der Waals surface area contributed by atoms with Gasteiger partial charge in [0.25, 0.3) is 0 Å². The monoisotopic (exact) mass is 348 g/mol. The SMILES string of the molecule is Cc1ccc(-c2csc(Cc3cc(Cl)c(N)cc3Cl)n2)cc1. The van der Waals surface area contributed by atoms with Gasteiger partial charge in [-0.2, -0.15) is 0 Å². The van der Waals surface area contributed by atoms with Crippen LogP contribution >= 0.6 is 34.5 Å². The Balaban J connectivity index is 1.86. The summed E-state index contributed by atoms with van der Waals surface area (Å²) in [6, 6.07) is 11.8. The van der Waals surface area contributed by atoms with Crippen molar-refractivity contribution in [3.05, 3.63) is 68.0 Å². The predicted molar refractivity (Wildman–Crippen MR) is 96.0 cm³/mol. The molecule has 0 fully saturated rings. The second-order valence-electron chi connectivity index (χ2n) is 5.13. The van der Waals surface area contributed by atoms with E-state index in [1.807, 2.05) is 6.07 Å². The number of hydrogen-bond acceptors (Lipinski definition) is 3. The highest BCUT2D eigenvalue weighted by atomic mass is 35.5. The summed E-state index contributed by atoms with van der Waals surface area (Å²) in [5, 5.41) is 4.20. The zero-order valence-electron chi connectivity index (χ0n) is 11.9. The van der Waals surface area contributed by atoms with E-state index in [9.17, 15) is 0 Å². The number of benzene rings is 2. The number of hydrogen-bond donors (Lipinski definition) is 1. The number of aromatic nitrogens is 1. The molecule has 1 heterocycles. The van der Waals surface area contributed by atoms with Crippen molar-refractivity contribution in [2.75, 3.05) is 5.73 Å². The summed E-state index contributed by atoms with van der Waals surface area (Å²) in [4.78, 5) is 4.68. The van der Waals surface area contributed by atoms with E-state index >= 15 is 0 Å². The molecule has 0 aliphatic heterocycles. The lowest BCUT2D eigenvalue weighted by atomic mass is 10.1. The van der Waals surface area contributed by atoms with Crippen molar-refractivity contribution in [1.29, 1.82) is 0 Å². The lowest BCUT2D eigenvalue weighted by Crippen LogP contribution is -1.93. The summed E-state index contributed by atoms with van der Waals surface area (Å²) in [6.45, 7) is 2.07. The zero-order chi connectivity index (χ0) is 15.7. The molecule has 0 aliphatic carbocycles. The molecular weight excluding hydrogens is 335 g/mol. The second-order valence-corrected chi connectivity index (χ2v) is 6.89. The van der Waals surface area contributed by atoms with Crippen molar-refractivity contribution >= 4 is 40.2 Å². The molecule has 0 saturated carbocycles. The molecule has 22 heavy (non-hydrogen) atoms. The van der Waals surface area contributed by atoms with Crippen LogP contribution in [-0.4, -0.2) is 4.98 Å². The van der Waals surface area contributed by atoms with Gasteiger partial charge in [-0.25, -0.2) is 4.98 Å². The third-order valence-electron chi connectivity index (χ3n) is 3.41. The fourth-order valence-electron chi connectivity index (χ4n) is 2.15. The molecule has 5 heteroatoms. The molecule has 2 N–H and O–H groups in total. The lowest BCUT2D eigenvalue weighted by Gasteiger charge is -2.05.